The Bertz CT molecular complexity index is 823. The predicted octanol–water partition coefficient (Wildman–Crippen LogP) is 3.88. The van der Waals surface area contributed by atoms with Crippen LogP contribution in [0.5, 0.6) is 5.75 Å². The third-order valence-electron chi connectivity index (χ3n) is 3.93. The van der Waals surface area contributed by atoms with Gasteiger partial charge in [-0.2, -0.15) is 8.42 Å². The minimum Gasteiger partial charge on any atom is -0.508 e. The SMILES string of the molecule is CC(CCCc1ccccc1)C(=O)O.O=S(=O)(O)C(P)c1ccccc1O. The molecular formula is C19H25O6PS. The minimum atomic E-state index is -4.18. The first-order valence-corrected chi connectivity index (χ1v) is 10.6. The van der Waals surface area contributed by atoms with Gasteiger partial charge < -0.3 is 10.2 Å². The summed E-state index contributed by atoms with van der Waals surface area (Å²) < 4.78 is 30.1. The Labute approximate surface area is 162 Å². The van der Waals surface area contributed by atoms with Gasteiger partial charge in [0.2, 0.25) is 0 Å². The van der Waals surface area contributed by atoms with E-state index in [1.165, 1.54) is 17.7 Å². The van der Waals surface area contributed by atoms with Crippen molar-refractivity contribution in [3.63, 3.8) is 0 Å². The van der Waals surface area contributed by atoms with Gasteiger partial charge in [0.15, 0.2) is 0 Å². The smallest absolute Gasteiger partial charge is 0.306 e. The van der Waals surface area contributed by atoms with E-state index < -0.39 is 21.1 Å². The number of aryl methyl sites for hydroxylation is 1. The van der Waals surface area contributed by atoms with E-state index in [-0.39, 0.29) is 17.2 Å². The molecule has 0 bridgehead atoms. The molecule has 2 aromatic carbocycles. The third-order valence-corrected chi connectivity index (χ3v) is 6.22. The van der Waals surface area contributed by atoms with Gasteiger partial charge in [-0.3, -0.25) is 9.35 Å². The molecule has 0 radical (unpaired) electrons. The molecule has 2 rings (SSSR count). The molecule has 6 nitrogen and oxygen atoms in total. The summed E-state index contributed by atoms with van der Waals surface area (Å²) in [6.07, 6.45) is 2.67. The number of phenolic OH excluding ortho intramolecular Hbond substituents is 1. The standard InChI is InChI=1S/C12H16O2.C7H9O4PS/c1-10(12(13)14)6-5-9-11-7-3-2-4-8-11;8-6-4-2-1-3-5(6)7(12)13(9,10)11/h2-4,7-8,10H,5-6,9H2,1H3,(H,13,14);1-4,7-8H,12H2,(H,9,10,11). The molecule has 0 aliphatic heterocycles. The molecule has 0 heterocycles. The third kappa shape index (κ3) is 8.52. The van der Waals surface area contributed by atoms with E-state index in [2.05, 4.69) is 12.1 Å². The number of aromatic hydroxyl groups is 1. The van der Waals surface area contributed by atoms with Crippen LogP contribution >= 0.6 is 9.24 Å². The van der Waals surface area contributed by atoms with Gasteiger partial charge in [0.05, 0.1) is 5.92 Å². The minimum absolute atomic E-state index is 0.153. The van der Waals surface area contributed by atoms with Crippen molar-refractivity contribution in [3.8, 4) is 5.75 Å². The number of hydrogen-bond donors (Lipinski definition) is 3. The van der Waals surface area contributed by atoms with Crippen LogP contribution in [0.2, 0.25) is 0 Å². The molecule has 0 aliphatic carbocycles. The summed E-state index contributed by atoms with van der Waals surface area (Å²) in [5.41, 5.74) is 1.44. The Balaban J connectivity index is 0.000000271. The quantitative estimate of drug-likeness (QED) is 0.470. The summed E-state index contributed by atoms with van der Waals surface area (Å²) in [4.78, 5) is 9.36. The van der Waals surface area contributed by atoms with Gasteiger partial charge in [-0.25, -0.2) is 0 Å². The van der Waals surface area contributed by atoms with E-state index in [1.807, 2.05) is 27.4 Å². The maximum atomic E-state index is 10.7. The lowest BCUT2D eigenvalue weighted by molar-refractivity contribution is -0.141. The Hall–Kier alpha value is -1.95. The zero-order valence-corrected chi connectivity index (χ0v) is 17.0. The van der Waals surface area contributed by atoms with Crippen molar-refractivity contribution in [2.45, 2.75) is 31.2 Å². The monoisotopic (exact) mass is 412 g/mol. The van der Waals surface area contributed by atoms with E-state index in [0.717, 1.165) is 19.3 Å². The molecule has 8 heteroatoms. The molecule has 3 atom stereocenters. The van der Waals surface area contributed by atoms with Crippen LogP contribution in [0.4, 0.5) is 0 Å². The van der Waals surface area contributed by atoms with Crippen LogP contribution in [0.3, 0.4) is 0 Å². The first-order chi connectivity index (χ1) is 12.6. The lowest BCUT2D eigenvalue weighted by Gasteiger charge is -2.09. The highest BCUT2D eigenvalue weighted by atomic mass is 32.2. The van der Waals surface area contributed by atoms with Gasteiger partial charge in [-0.15, -0.1) is 9.24 Å². The van der Waals surface area contributed by atoms with E-state index in [0.29, 0.717) is 0 Å². The molecule has 2 aromatic rings. The van der Waals surface area contributed by atoms with E-state index >= 15 is 0 Å². The van der Waals surface area contributed by atoms with Crippen LogP contribution in [0, 0.1) is 5.92 Å². The molecule has 148 valence electrons. The van der Waals surface area contributed by atoms with Gasteiger partial charge in [0.25, 0.3) is 10.1 Å². The maximum absolute atomic E-state index is 10.7. The zero-order chi connectivity index (χ0) is 20.4. The first kappa shape index (κ1) is 23.1. The fraction of sp³-hybridized carbons (Fsp3) is 0.316. The van der Waals surface area contributed by atoms with Crippen LogP contribution in [0.15, 0.2) is 54.6 Å². The molecular weight excluding hydrogens is 387 g/mol. The molecule has 0 spiro atoms. The summed E-state index contributed by atoms with van der Waals surface area (Å²) >= 11 is 0. The van der Waals surface area contributed by atoms with Crippen molar-refractivity contribution in [2.24, 2.45) is 5.92 Å². The number of rotatable bonds is 7. The van der Waals surface area contributed by atoms with Crippen LogP contribution in [0.1, 0.15) is 35.9 Å². The van der Waals surface area contributed by atoms with Gasteiger partial charge in [-0.1, -0.05) is 55.5 Å². The number of carboxylic acids is 1. The van der Waals surface area contributed by atoms with Crippen molar-refractivity contribution >= 4 is 25.3 Å². The average molecular weight is 412 g/mol. The second-order valence-electron chi connectivity index (χ2n) is 6.11. The molecule has 0 aliphatic rings. The van der Waals surface area contributed by atoms with Gasteiger partial charge >= 0.3 is 5.97 Å². The second-order valence-corrected chi connectivity index (χ2v) is 8.80. The summed E-state index contributed by atoms with van der Waals surface area (Å²) in [6, 6.07) is 16.1. The number of phenols is 1. The Morgan fingerprint density at radius 1 is 1.07 bits per heavy atom. The molecule has 0 saturated carbocycles. The topological polar surface area (TPSA) is 112 Å². The number of carboxylic acid groups (broad SMARTS) is 1. The fourth-order valence-corrected chi connectivity index (χ4v) is 3.07. The fourth-order valence-electron chi connectivity index (χ4n) is 2.27. The number of benzene rings is 2. The van der Waals surface area contributed by atoms with Crippen molar-refractivity contribution in [1.29, 1.82) is 0 Å². The highest BCUT2D eigenvalue weighted by Crippen LogP contribution is 2.33. The Morgan fingerprint density at radius 3 is 2.15 bits per heavy atom. The van der Waals surface area contributed by atoms with E-state index in [1.54, 1.807) is 19.1 Å². The van der Waals surface area contributed by atoms with Crippen LogP contribution in [0.25, 0.3) is 0 Å². The summed E-state index contributed by atoms with van der Waals surface area (Å²) in [7, 11) is -2.22. The van der Waals surface area contributed by atoms with Crippen molar-refractivity contribution < 1.29 is 28.0 Å². The lowest BCUT2D eigenvalue weighted by Crippen LogP contribution is -2.09. The van der Waals surface area contributed by atoms with Gasteiger partial charge in [0, 0.05) is 5.56 Å². The number of aliphatic carboxylic acids is 1. The Morgan fingerprint density at radius 2 is 1.63 bits per heavy atom. The molecule has 0 aromatic heterocycles. The predicted molar refractivity (Wildman–Crippen MR) is 108 cm³/mol. The maximum Gasteiger partial charge on any atom is 0.306 e. The van der Waals surface area contributed by atoms with E-state index in [9.17, 15) is 18.3 Å². The van der Waals surface area contributed by atoms with Crippen molar-refractivity contribution in [3.05, 3.63) is 65.7 Å². The van der Waals surface area contributed by atoms with Crippen LogP contribution < -0.4 is 0 Å². The average Bonchev–Trinajstić information content (AvgIpc) is 2.62. The lowest BCUT2D eigenvalue weighted by atomic mass is 10.0. The van der Waals surface area contributed by atoms with Gasteiger partial charge in [0.1, 0.15) is 10.7 Å². The summed E-state index contributed by atoms with van der Waals surface area (Å²) in [6.45, 7) is 1.76. The molecule has 0 saturated heterocycles. The molecule has 0 fully saturated rings. The Kier molecular flexibility index (Phi) is 9.43. The van der Waals surface area contributed by atoms with Gasteiger partial charge in [-0.05, 0) is 30.9 Å². The van der Waals surface area contributed by atoms with Crippen molar-refractivity contribution in [2.75, 3.05) is 0 Å². The zero-order valence-electron chi connectivity index (χ0n) is 15.0. The first-order valence-electron chi connectivity index (χ1n) is 8.39. The normalized spacial score (nSPS) is 13.1. The second kappa shape index (κ2) is 11.0. The van der Waals surface area contributed by atoms with E-state index in [4.69, 9.17) is 9.66 Å². The molecule has 0 amide bonds. The number of hydrogen-bond acceptors (Lipinski definition) is 4. The summed E-state index contributed by atoms with van der Waals surface area (Å²) in [5, 5.41) is 17.9. The number of para-hydroxylation sites is 1. The summed E-state index contributed by atoms with van der Waals surface area (Å²) in [5.74, 6) is -1.07. The highest BCUT2D eigenvalue weighted by molar-refractivity contribution is 7.90. The highest BCUT2D eigenvalue weighted by Gasteiger charge is 2.22. The van der Waals surface area contributed by atoms with Crippen LogP contribution in [-0.2, 0) is 21.3 Å². The number of carbonyl (C=O) groups is 1. The molecule has 3 N–H and O–H groups in total. The van der Waals surface area contributed by atoms with Crippen LogP contribution in [-0.4, -0.2) is 29.2 Å². The van der Waals surface area contributed by atoms with Crippen molar-refractivity contribution in [1.82, 2.24) is 0 Å². The molecule has 27 heavy (non-hydrogen) atoms. The largest absolute Gasteiger partial charge is 0.508 e. The molecule has 3 unspecified atom stereocenters.